The van der Waals surface area contributed by atoms with Gasteiger partial charge in [0.15, 0.2) is 0 Å². The molecule has 5 heteroatoms. The molecule has 0 aliphatic carbocycles. The molecule has 1 aliphatic rings. The lowest BCUT2D eigenvalue weighted by Crippen LogP contribution is -2.41. The summed E-state index contributed by atoms with van der Waals surface area (Å²) in [5, 5.41) is 0. The predicted molar refractivity (Wildman–Crippen MR) is 79.3 cm³/mol. The van der Waals surface area contributed by atoms with Crippen molar-refractivity contribution < 1.29 is 9.31 Å². The van der Waals surface area contributed by atoms with Crippen LogP contribution in [0.15, 0.2) is 43.0 Å². The summed E-state index contributed by atoms with van der Waals surface area (Å²) in [6, 6.07) is 8.15. The van der Waals surface area contributed by atoms with Crippen LogP contribution in [0, 0.1) is 0 Å². The lowest BCUT2D eigenvalue weighted by atomic mass is 9.79. The second kappa shape index (κ2) is 4.47. The van der Waals surface area contributed by atoms with Gasteiger partial charge in [0, 0.05) is 18.1 Å². The number of aromatic nitrogens is 2. The minimum absolute atomic E-state index is 0.317. The maximum absolute atomic E-state index is 6.08. The zero-order valence-electron chi connectivity index (χ0n) is 12.3. The highest BCUT2D eigenvalue weighted by Gasteiger charge is 2.51. The topological polar surface area (TPSA) is 36.3 Å². The third kappa shape index (κ3) is 2.17. The average molecular weight is 270 g/mol. The van der Waals surface area contributed by atoms with E-state index >= 15 is 0 Å². The van der Waals surface area contributed by atoms with Crippen LogP contribution in [-0.4, -0.2) is 27.9 Å². The summed E-state index contributed by atoms with van der Waals surface area (Å²) < 4.78 is 14.1. The van der Waals surface area contributed by atoms with Gasteiger partial charge >= 0.3 is 7.12 Å². The minimum atomic E-state index is -0.330. The fourth-order valence-electron chi connectivity index (χ4n) is 2.22. The molecule has 0 unspecified atom stereocenters. The van der Waals surface area contributed by atoms with E-state index in [1.54, 1.807) is 12.5 Å². The highest BCUT2D eigenvalue weighted by molar-refractivity contribution is 6.62. The number of imidazole rings is 1. The molecule has 4 nitrogen and oxygen atoms in total. The number of hydrogen-bond acceptors (Lipinski definition) is 3. The Morgan fingerprint density at radius 2 is 1.80 bits per heavy atom. The van der Waals surface area contributed by atoms with Crippen LogP contribution in [-0.2, 0) is 9.31 Å². The summed E-state index contributed by atoms with van der Waals surface area (Å²) in [4.78, 5) is 4.07. The second-order valence-corrected chi connectivity index (χ2v) is 6.15. The van der Waals surface area contributed by atoms with Crippen LogP contribution in [0.25, 0.3) is 5.69 Å². The van der Waals surface area contributed by atoms with Crippen LogP contribution in [0.3, 0.4) is 0 Å². The van der Waals surface area contributed by atoms with Gasteiger partial charge in [-0.25, -0.2) is 4.98 Å². The van der Waals surface area contributed by atoms with Crippen molar-refractivity contribution in [1.82, 2.24) is 9.55 Å². The lowest BCUT2D eigenvalue weighted by Gasteiger charge is -2.32. The quantitative estimate of drug-likeness (QED) is 0.785. The van der Waals surface area contributed by atoms with E-state index in [2.05, 4.69) is 38.7 Å². The molecule has 2 heterocycles. The second-order valence-electron chi connectivity index (χ2n) is 6.15. The van der Waals surface area contributed by atoms with Crippen molar-refractivity contribution in [2.24, 2.45) is 0 Å². The van der Waals surface area contributed by atoms with E-state index in [1.165, 1.54) is 0 Å². The Hall–Kier alpha value is -1.59. The summed E-state index contributed by atoms with van der Waals surface area (Å²) in [7, 11) is -0.330. The van der Waals surface area contributed by atoms with Gasteiger partial charge < -0.3 is 13.9 Å². The first-order valence-corrected chi connectivity index (χ1v) is 6.83. The van der Waals surface area contributed by atoms with Crippen molar-refractivity contribution in [3.8, 4) is 5.69 Å². The van der Waals surface area contributed by atoms with E-state index in [4.69, 9.17) is 9.31 Å². The van der Waals surface area contributed by atoms with E-state index in [-0.39, 0.29) is 18.3 Å². The van der Waals surface area contributed by atoms with Gasteiger partial charge in [-0.05, 0) is 45.3 Å². The molecule has 3 rings (SSSR count). The summed E-state index contributed by atoms with van der Waals surface area (Å²) in [5.74, 6) is 0. The maximum Gasteiger partial charge on any atom is 0.494 e. The van der Waals surface area contributed by atoms with Gasteiger partial charge in [0.05, 0.1) is 17.5 Å². The first-order chi connectivity index (χ1) is 9.39. The molecule has 104 valence electrons. The molecule has 0 N–H and O–H groups in total. The van der Waals surface area contributed by atoms with Crippen molar-refractivity contribution in [3.63, 3.8) is 0 Å². The van der Waals surface area contributed by atoms with Gasteiger partial charge in [-0.2, -0.15) is 0 Å². The molecule has 1 aliphatic heterocycles. The van der Waals surface area contributed by atoms with Crippen molar-refractivity contribution in [1.29, 1.82) is 0 Å². The molecule has 0 bridgehead atoms. The molecular formula is C15H19BN2O2. The maximum atomic E-state index is 6.08. The van der Waals surface area contributed by atoms with Crippen LogP contribution >= 0.6 is 0 Å². The predicted octanol–water partition coefficient (Wildman–Crippen LogP) is 2.17. The van der Waals surface area contributed by atoms with Crippen molar-refractivity contribution in [3.05, 3.63) is 43.0 Å². The Morgan fingerprint density at radius 1 is 1.10 bits per heavy atom. The zero-order valence-corrected chi connectivity index (χ0v) is 12.3. The van der Waals surface area contributed by atoms with Crippen LogP contribution in [0.1, 0.15) is 27.7 Å². The van der Waals surface area contributed by atoms with Gasteiger partial charge in [-0.15, -0.1) is 0 Å². The number of nitrogens with zero attached hydrogens (tertiary/aromatic N) is 2. The largest absolute Gasteiger partial charge is 0.494 e. The fourth-order valence-corrected chi connectivity index (χ4v) is 2.22. The van der Waals surface area contributed by atoms with Crippen LogP contribution in [0.2, 0.25) is 0 Å². The van der Waals surface area contributed by atoms with Crippen molar-refractivity contribution >= 4 is 12.6 Å². The Kier molecular flexibility index (Phi) is 2.99. The standard InChI is InChI=1S/C15H19BN2O2/c1-14(2)15(3,4)20-16(19-14)12-6-5-7-13(10-12)18-9-8-17-11-18/h5-11H,1-4H3. The fraction of sp³-hybridized carbons (Fsp3) is 0.400. The van der Waals surface area contributed by atoms with Gasteiger partial charge in [0.2, 0.25) is 0 Å². The highest BCUT2D eigenvalue weighted by atomic mass is 16.7. The third-order valence-corrected chi connectivity index (χ3v) is 4.20. The number of rotatable bonds is 2. The SMILES string of the molecule is CC1(C)OB(c2cccc(-n3ccnc3)c2)OC1(C)C. The first-order valence-electron chi connectivity index (χ1n) is 6.83. The van der Waals surface area contributed by atoms with Crippen LogP contribution < -0.4 is 5.46 Å². The molecule has 1 aromatic carbocycles. The first kappa shape index (κ1) is 13.4. The number of benzene rings is 1. The molecule has 0 radical (unpaired) electrons. The Bertz CT molecular complexity index is 592. The smallest absolute Gasteiger partial charge is 0.399 e. The van der Waals surface area contributed by atoms with Crippen LogP contribution in [0.5, 0.6) is 0 Å². The zero-order chi connectivity index (χ0) is 14.4. The highest BCUT2D eigenvalue weighted by Crippen LogP contribution is 2.36. The van der Waals surface area contributed by atoms with Gasteiger partial charge in [0.25, 0.3) is 0 Å². The molecule has 1 fully saturated rings. The summed E-state index contributed by atoms with van der Waals surface area (Å²) >= 11 is 0. The van der Waals surface area contributed by atoms with Crippen molar-refractivity contribution in [2.75, 3.05) is 0 Å². The van der Waals surface area contributed by atoms with Crippen LogP contribution in [0.4, 0.5) is 0 Å². The van der Waals surface area contributed by atoms with Gasteiger partial charge in [-0.3, -0.25) is 0 Å². The summed E-state index contributed by atoms with van der Waals surface area (Å²) in [6.45, 7) is 8.25. The molecular weight excluding hydrogens is 251 g/mol. The average Bonchev–Trinajstić information content (AvgIpc) is 2.97. The molecule has 0 amide bonds. The van der Waals surface area contributed by atoms with E-state index in [0.717, 1.165) is 11.2 Å². The normalized spacial score (nSPS) is 20.3. The minimum Gasteiger partial charge on any atom is -0.399 e. The molecule has 1 saturated heterocycles. The molecule has 0 saturated carbocycles. The molecule has 2 aromatic rings. The monoisotopic (exact) mass is 270 g/mol. The van der Waals surface area contributed by atoms with E-state index in [1.807, 2.05) is 29.0 Å². The molecule has 20 heavy (non-hydrogen) atoms. The van der Waals surface area contributed by atoms with E-state index < -0.39 is 0 Å². The summed E-state index contributed by atoms with van der Waals surface area (Å²) in [6.07, 6.45) is 5.47. The molecule has 0 atom stereocenters. The van der Waals surface area contributed by atoms with Gasteiger partial charge in [-0.1, -0.05) is 12.1 Å². The Balaban J connectivity index is 1.91. The Labute approximate surface area is 119 Å². The van der Waals surface area contributed by atoms with E-state index in [9.17, 15) is 0 Å². The van der Waals surface area contributed by atoms with Crippen molar-refractivity contribution in [2.45, 2.75) is 38.9 Å². The molecule has 1 aromatic heterocycles. The summed E-state index contributed by atoms with van der Waals surface area (Å²) in [5.41, 5.74) is 1.44. The third-order valence-electron chi connectivity index (χ3n) is 4.20. The molecule has 0 spiro atoms. The van der Waals surface area contributed by atoms with E-state index in [0.29, 0.717) is 0 Å². The Morgan fingerprint density at radius 3 is 2.40 bits per heavy atom. The lowest BCUT2D eigenvalue weighted by molar-refractivity contribution is 0.00578. The number of hydrogen-bond donors (Lipinski definition) is 0. The van der Waals surface area contributed by atoms with Gasteiger partial charge in [0.1, 0.15) is 0 Å².